The van der Waals surface area contributed by atoms with Crippen molar-refractivity contribution in [2.75, 3.05) is 24.0 Å². The lowest BCUT2D eigenvalue weighted by Crippen LogP contribution is -2.34. The van der Waals surface area contributed by atoms with E-state index in [9.17, 15) is 0 Å². The largest absolute Gasteiger partial charge is 0.356 e. The van der Waals surface area contributed by atoms with Gasteiger partial charge in [0.1, 0.15) is 5.82 Å². The van der Waals surface area contributed by atoms with Crippen LogP contribution in [0.25, 0.3) is 0 Å². The Balaban J connectivity index is 2.73. The van der Waals surface area contributed by atoms with Crippen LogP contribution in [-0.4, -0.2) is 36.1 Å². The number of hydrogen-bond acceptors (Lipinski definition) is 4. The minimum atomic E-state index is 0.489. The molecule has 1 aromatic heterocycles. The fourth-order valence-electron chi connectivity index (χ4n) is 1.95. The van der Waals surface area contributed by atoms with Gasteiger partial charge in [-0.15, -0.1) is 0 Å². The monoisotopic (exact) mass is 281 g/mol. The predicted octanol–water partition coefficient (Wildman–Crippen LogP) is 3.16. The molecule has 1 rings (SSSR count). The second-order valence-corrected chi connectivity index (χ2v) is 6.06. The third-order valence-corrected chi connectivity index (χ3v) is 3.94. The van der Waals surface area contributed by atoms with Gasteiger partial charge in [-0.05, 0) is 24.8 Å². The van der Waals surface area contributed by atoms with E-state index in [1.165, 1.54) is 0 Å². The van der Waals surface area contributed by atoms with Crippen LogP contribution in [0.15, 0.2) is 18.2 Å². The summed E-state index contributed by atoms with van der Waals surface area (Å²) in [5, 5.41) is 3.41. The number of pyridine rings is 1. The molecule has 19 heavy (non-hydrogen) atoms. The lowest BCUT2D eigenvalue weighted by atomic mass is 10.2. The van der Waals surface area contributed by atoms with Crippen molar-refractivity contribution >= 4 is 17.6 Å². The summed E-state index contributed by atoms with van der Waals surface area (Å²) in [7, 11) is 2.15. The summed E-state index contributed by atoms with van der Waals surface area (Å²) in [6.45, 7) is 7.38. The molecule has 0 saturated carbocycles. The maximum absolute atomic E-state index is 4.75. The van der Waals surface area contributed by atoms with E-state index in [2.05, 4.69) is 62.5 Å². The van der Waals surface area contributed by atoms with Gasteiger partial charge >= 0.3 is 0 Å². The van der Waals surface area contributed by atoms with Gasteiger partial charge in [0.2, 0.25) is 0 Å². The first-order chi connectivity index (χ1) is 9.08. The zero-order valence-electron chi connectivity index (χ0n) is 12.8. The fraction of sp³-hybridized carbons (Fsp3) is 0.667. The van der Waals surface area contributed by atoms with E-state index < -0.39 is 0 Å². The Hall–Kier alpha value is -0.740. The molecule has 1 heterocycles. The SMILES string of the molecule is CCC(CSC)N(C)c1cccc(CNC(C)C)n1. The molecule has 108 valence electrons. The van der Waals surface area contributed by atoms with Crippen molar-refractivity contribution < 1.29 is 0 Å². The number of thioether (sulfide) groups is 1. The lowest BCUT2D eigenvalue weighted by molar-refractivity contribution is 0.580. The Morgan fingerprint density at radius 3 is 2.68 bits per heavy atom. The maximum Gasteiger partial charge on any atom is 0.128 e. The van der Waals surface area contributed by atoms with E-state index in [0.29, 0.717) is 12.1 Å². The lowest BCUT2D eigenvalue weighted by Gasteiger charge is -2.28. The summed E-state index contributed by atoms with van der Waals surface area (Å²) in [4.78, 5) is 7.05. The molecule has 0 radical (unpaired) electrons. The van der Waals surface area contributed by atoms with Crippen LogP contribution in [-0.2, 0) is 6.54 Å². The average Bonchev–Trinajstić information content (AvgIpc) is 2.42. The van der Waals surface area contributed by atoms with Gasteiger partial charge < -0.3 is 10.2 Å². The highest BCUT2D eigenvalue weighted by atomic mass is 32.2. The van der Waals surface area contributed by atoms with Crippen molar-refractivity contribution in [2.24, 2.45) is 0 Å². The highest BCUT2D eigenvalue weighted by Crippen LogP contribution is 2.17. The maximum atomic E-state index is 4.75. The molecule has 1 aromatic rings. The summed E-state index contributed by atoms with van der Waals surface area (Å²) >= 11 is 1.89. The topological polar surface area (TPSA) is 28.2 Å². The van der Waals surface area contributed by atoms with Crippen LogP contribution in [0.5, 0.6) is 0 Å². The Kier molecular flexibility index (Phi) is 7.24. The van der Waals surface area contributed by atoms with Gasteiger partial charge in [-0.1, -0.05) is 26.8 Å². The minimum Gasteiger partial charge on any atom is -0.356 e. The first-order valence-electron chi connectivity index (χ1n) is 6.99. The Bertz CT molecular complexity index is 368. The van der Waals surface area contributed by atoms with Gasteiger partial charge in [0.25, 0.3) is 0 Å². The van der Waals surface area contributed by atoms with E-state index in [-0.39, 0.29) is 0 Å². The second-order valence-electron chi connectivity index (χ2n) is 5.15. The summed E-state index contributed by atoms with van der Waals surface area (Å²) in [6.07, 6.45) is 3.31. The third kappa shape index (κ3) is 5.41. The van der Waals surface area contributed by atoms with Crippen LogP contribution in [0, 0.1) is 0 Å². The van der Waals surface area contributed by atoms with Gasteiger partial charge in [-0.3, -0.25) is 0 Å². The number of rotatable bonds is 8. The quantitative estimate of drug-likeness (QED) is 0.792. The molecule has 4 heteroatoms. The molecule has 0 aromatic carbocycles. The van der Waals surface area contributed by atoms with Crippen molar-refractivity contribution in [1.82, 2.24) is 10.3 Å². The van der Waals surface area contributed by atoms with Crippen molar-refractivity contribution in [3.8, 4) is 0 Å². The van der Waals surface area contributed by atoms with Crippen LogP contribution in [0.4, 0.5) is 5.82 Å². The summed E-state index contributed by atoms with van der Waals surface area (Å²) in [5.74, 6) is 2.22. The molecule has 1 unspecified atom stereocenters. The zero-order chi connectivity index (χ0) is 14.3. The fourth-order valence-corrected chi connectivity index (χ4v) is 2.80. The van der Waals surface area contributed by atoms with Crippen LogP contribution < -0.4 is 10.2 Å². The van der Waals surface area contributed by atoms with Gasteiger partial charge in [-0.2, -0.15) is 11.8 Å². The number of hydrogen-bond donors (Lipinski definition) is 1. The molecule has 0 spiro atoms. The molecule has 3 nitrogen and oxygen atoms in total. The molecule has 0 fully saturated rings. The average molecular weight is 281 g/mol. The van der Waals surface area contributed by atoms with E-state index in [1.54, 1.807) is 0 Å². The molecule has 1 atom stereocenters. The second kappa shape index (κ2) is 8.43. The normalized spacial score (nSPS) is 12.7. The van der Waals surface area contributed by atoms with Gasteiger partial charge in [0, 0.05) is 31.4 Å². The molecule has 0 saturated heterocycles. The molecule has 0 aliphatic carbocycles. The summed E-state index contributed by atoms with van der Waals surface area (Å²) in [6, 6.07) is 7.32. The summed E-state index contributed by atoms with van der Waals surface area (Å²) < 4.78 is 0. The van der Waals surface area contributed by atoms with E-state index >= 15 is 0 Å². The van der Waals surface area contributed by atoms with Crippen LogP contribution >= 0.6 is 11.8 Å². The van der Waals surface area contributed by atoms with Gasteiger partial charge in [0.05, 0.1) is 5.69 Å². The molecular formula is C15H27N3S. The highest BCUT2D eigenvalue weighted by molar-refractivity contribution is 7.98. The molecule has 0 bridgehead atoms. The Labute approximate surface area is 122 Å². The Morgan fingerprint density at radius 2 is 2.11 bits per heavy atom. The number of aromatic nitrogens is 1. The van der Waals surface area contributed by atoms with Crippen LogP contribution in [0.1, 0.15) is 32.9 Å². The smallest absolute Gasteiger partial charge is 0.128 e. The molecule has 0 aliphatic rings. The van der Waals surface area contributed by atoms with Crippen molar-refractivity contribution in [3.05, 3.63) is 23.9 Å². The first kappa shape index (κ1) is 16.3. The zero-order valence-corrected chi connectivity index (χ0v) is 13.6. The minimum absolute atomic E-state index is 0.489. The first-order valence-corrected chi connectivity index (χ1v) is 8.39. The standard InChI is InChI=1S/C15H27N3S/c1-6-14(11-19-5)18(4)15-9-7-8-13(17-15)10-16-12(2)3/h7-9,12,14,16H,6,10-11H2,1-5H3. The number of nitrogens with one attached hydrogen (secondary N) is 1. The molecule has 1 N–H and O–H groups in total. The van der Waals surface area contributed by atoms with Gasteiger partial charge in [0.15, 0.2) is 0 Å². The van der Waals surface area contributed by atoms with Crippen LogP contribution in [0.3, 0.4) is 0 Å². The number of nitrogens with zero attached hydrogens (tertiary/aromatic N) is 2. The van der Waals surface area contributed by atoms with Gasteiger partial charge in [-0.25, -0.2) is 4.98 Å². The van der Waals surface area contributed by atoms with Crippen molar-refractivity contribution in [3.63, 3.8) is 0 Å². The summed E-state index contributed by atoms with van der Waals surface area (Å²) in [5.41, 5.74) is 1.11. The predicted molar refractivity (Wildman–Crippen MR) is 87.1 cm³/mol. The number of anilines is 1. The molecular weight excluding hydrogens is 254 g/mol. The van der Waals surface area contributed by atoms with Crippen molar-refractivity contribution in [2.45, 2.75) is 45.8 Å². The van der Waals surface area contributed by atoms with E-state index in [1.807, 2.05) is 11.8 Å². The van der Waals surface area contributed by atoms with E-state index in [4.69, 9.17) is 4.98 Å². The third-order valence-electron chi connectivity index (χ3n) is 3.22. The van der Waals surface area contributed by atoms with Crippen molar-refractivity contribution in [1.29, 1.82) is 0 Å². The van der Waals surface area contributed by atoms with E-state index in [0.717, 1.165) is 30.2 Å². The molecule has 0 aliphatic heterocycles. The Morgan fingerprint density at radius 1 is 1.37 bits per heavy atom. The van der Waals surface area contributed by atoms with Crippen LogP contribution in [0.2, 0.25) is 0 Å². The molecule has 0 amide bonds. The highest BCUT2D eigenvalue weighted by Gasteiger charge is 2.14.